The molecule has 11 heteroatoms. The molecule has 0 fully saturated rings. The van der Waals surface area contributed by atoms with Crippen LogP contribution in [0.3, 0.4) is 0 Å². The number of H-pyrrole nitrogens is 4. The molecule has 1 unspecified atom stereocenters. The van der Waals surface area contributed by atoms with Gasteiger partial charge >= 0.3 is 11.4 Å². The number of ether oxygens (including phenoxy) is 1. The lowest BCUT2D eigenvalue weighted by atomic mass is 9.85. The van der Waals surface area contributed by atoms with E-state index in [0.717, 1.165) is 0 Å². The van der Waals surface area contributed by atoms with Crippen LogP contribution in [0, 0.1) is 0 Å². The van der Waals surface area contributed by atoms with Gasteiger partial charge in [0.25, 0.3) is 11.1 Å². The van der Waals surface area contributed by atoms with Crippen LogP contribution < -0.4 is 27.2 Å². The Labute approximate surface area is 141 Å². The quantitative estimate of drug-likeness (QED) is 0.256. The minimum Gasteiger partial charge on any atom is -0.508 e. The molecule has 0 radical (unpaired) electrons. The lowest BCUT2D eigenvalue weighted by Gasteiger charge is -2.26. The lowest BCUT2D eigenvalue weighted by Crippen LogP contribution is -2.34. The van der Waals surface area contributed by atoms with Gasteiger partial charge in [-0.1, -0.05) is 6.07 Å². The predicted molar refractivity (Wildman–Crippen MR) is 86.2 cm³/mol. The van der Waals surface area contributed by atoms with E-state index in [-0.39, 0.29) is 34.1 Å². The maximum Gasteiger partial charge on any atom is 0.328 e. The fourth-order valence-electron chi connectivity index (χ4n) is 2.99. The van der Waals surface area contributed by atoms with Crippen LogP contribution >= 0.6 is 0 Å². The molecule has 11 nitrogen and oxygen atoms in total. The molecule has 4 rings (SSSR count). The predicted octanol–water partition coefficient (Wildman–Crippen LogP) is -0.863. The van der Waals surface area contributed by atoms with Gasteiger partial charge in [-0.25, -0.2) is 9.59 Å². The zero-order valence-corrected chi connectivity index (χ0v) is 12.7. The molecule has 0 saturated carbocycles. The molecular formula is C15H10N4O7. The smallest absolute Gasteiger partial charge is 0.328 e. The van der Waals surface area contributed by atoms with E-state index < -0.39 is 34.3 Å². The Balaban J connectivity index is 2.14. The van der Waals surface area contributed by atoms with E-state index in [1.807, 2.05) is 9.97 Å². The standard InChI is InChI=1S/C15H10N4O7/c20-4-1-2-5-6(3-4)26-13-9(12(23)18-15(25)19-13)7(5)8-10(21)16-14(24)17-11(8)22/h1-3,7,20H,(H2,18,19,23,25)(H3,16,17,21,22,24). The van der Waals surface area contributed by atoms with Gasteiger partial charge in [-0.3, -0.25) is 29.5 Å². The largest absolute Gasteiger partial charge is 0.508 e. The molecule has 6 N–H and O–H groups in total. The lowest BCUT2D eigenvalue weighted by molar-refractivity contribution is 0.410. The molecule has 3 heterocycles. The number of rotatable bonds is 1. The third-order valence-electron chi connectivity index (χ3n) is 4.00. The number of aromatic amines is 4. The number of phenols is 1. The zero-order chi connectivity index (χ0) is 18.6. The zero-order valence-electron chi connectivity index (χ0n) is 12.7. The monoisotopic (exact) mass is 358 g/mol. The van der Waals surface area contributed by atoms with Crippen LogP contribution in [0.2, 0.25) is 0 Å². The maximum atomic E-state index is 12.4. The van der Waals surface area contributed by atoms with Crippen molar-refractivity contribution >= 4 is 0 Å². The van der Waals surface area contributed by atoms with Crippen molar-refractivity contribution in [3.8, 4) is 23.3 Å². The number of fused-ring (bicyclic) bond motifs is 2. The first-order chi connectivity index (χ1) is 12.3. The molecule has 3 aromatic rings. The van der Waals surface area contributed by atoms with Crippen LogP contribution in [0.4, 0.5) is 0 Å². The summed E-state index contributed by atoms with van der Waals surface area (Å²) in [4.78, 5) is 55.9. The Kier molecular flexibility index (Phi) is 3.12. The SMILES string of the molecule is O=c1[nH]c(O)c(C2c3ccc(O)cc3Oc3[nH]c(=O)[nH]c(=O)c32)c(=O)[nH]1. The molecule has 0 bridgehead atoms. The second-order valence-corrected chi connectivity index (χ2v) is 5.58. The van der Waals surface area contributed by atoms with Crippen molar-refractivity contribution in [3.05, 3.63) is 76.6 Å². The van der Waals surface area contributed by atoms with Gasteiger partial charge in [0.2, 0.25) is 11.8 Å². The average Bonchev–Trinajstić information content (AvgIpc) is 2.52. The van der Waals surface area contributed by atoms with E-state index >= 15 is 0 Å². The summed E-state index contributed by atoms with van der Waals surface area (Å²) in [7, 11) is 0. The fourth-order valence-corrected chi connectivity index (χ4v) is 2.99. The number of aromatic nitrogens is 4. The number of nitrogens with one attached hydrogen (secondary N) is 4. The number of aromatic hydroxyl groups is 2. The molecule has 1 aromatic carbocycles. The molecular weight excluding hydrogens is 348 g/mol. The third-order valence-corrected chi connectivity index (χ3v) is 4.00. The minimum absolute atomic E-state index is 0.0637. The van der Waals surface area contributed by atoms with Crippen LogP contribution in [0.1, 0.15) is 22.6 Å². The van der Waals surface area contributed by atoms with Crippen molar-refractivity contribution in [1.29, 1.82) is 0 Å². The number of phenolic OH excluding ortho intramolecular Hbond substituents is 1. The van der Waals surface area contributed by atoms with Crippen LogP contribution in [-0.2, 0) is 0 Å². The fraction of sp³-hybridized carbons (Fsp3) is 0.0667. The Morgan fingerprint density at radius 2 is 1.50 bits per heavy atom. The Hall–Kier alpha value is -4.02. The summed E-state index contributed by atoms with van der Waals surface area (Å²) < 4.78 is 5.47. The highest BCUT2D eigenvalue weighted by Gasteiger charge is 2.36. The van der Waals surface area contributed by atoms with E-state index in [9.17, 15) is 29.4 Å². The van der Waals surface area contributed by atoms with Gasteiger partial charge in [-0.2, -0.15) is 0 Å². The second-order valence-electron chi connectivity index (χ2n) is 5.58. The van der Waals surface area contributed by atoms with Crippen LogP contribution in [0.25, 0.3) is 0 Å². The van der Waals surface area contributed by atoms with Gasteiger partial charge in [0, 0.05) is 11.6 Å². The molecule has 0 aliphatic carbocycles. The van der Waals surface area contributed by atoms with Crippen LogP contribution in [-0.4, -0.2) is 30.1 Å². The van der Waals surface area contributed by atoms with Crippen molar-refractivity contribution < 1.29 is 14.9 Å². The molecule has 132 valence electrons. The summed E-state index contributed by atoms with van der Waals surface area (Å²) in [5.74, 6) is -2.24. The second kappa shape index (κ2) is 5.24. The first-order valence-electron chi connectivity index (χ1n) is 7.28. The van der Waals surface area contributed by atoms with Crippen molar-refractivity contribution in [3.63, 3.8) is 0 Å². The van der Waals surface area contributed by atoms with Crippen LogP contribution in [0.5, 0.6) is 23.3 Å². The van der Waals surface area contributed by atoms with Gasteiger partial charge in [0.05, 0.1) is 17.0 Å². The van der Waals surface area contributed by atoms with Crippen LogP contribution in [0.15, 0.2) is 37.4 Å². The molecule has 1 aliphatic heterocycles. The molecule has 0 spiro atoms. The molecule has 0 amide bonds. The van der Waals surface area contributed by atoms with E-state index in [1.54, 1.807) is 0 Å². The van der Waals surface area contributed by atoms with Gasteiger partial charge in [-0.05, 0) is 6.07 Å². The number of hydrogen-bond donors (Lipinski definition) is 6. The van der Waals surface area contributed by atoms with Crippen molar-refractivity contribution in [2.24, 2.45) is 0 Å². The van der Waals surface area contributed by atoms with Crippen molar-refractivity contribution in [1.82, 2.24) is 19.9 Å². The highest BCUT2D eigenvalue weighted by molar-refractivity contribution is 5.58. The van der Waals surface area contributed by atoms with E-state index in [1.165, 1.54) is 18.2 Å². The summed E-state index contributed by atoms with van der Waals surface area (Å²) >= 11 is 0. The Morgan fingerprint density at radius 3 is 2.19 bits per heavy atom. The molecule has 1 atom stereocenters. The van der Waals surface area contributed by atoms with Gasteiger partial charge in [0.1, 0.15) is 11.5 Å². The minimum atomic E-state index is -1.17. The van der Waals surface area contributed by atoms with E-state index in [4.69, 9.17) is 4.74 Å². The van der Waals surface area contributed by atoms with E-state index in [0.29, 0.717) is 0 Å². The maximum absolute atomic E-state index is 12.4. The number of hydrogen-bond acceptors (Lipinski definition) is 7. The van der Waals surface area contributed by atoms with Gasteiger partial charge in [0.15, 0.2) is 0 Å². The van der Waals surface area contributed by atoms with Crippen molar-refractivity contribution in [2.75, 3.05) is 0 Å². The topological polar surface area (TPSA) is 181 Å². The summed E-state index contributed by atoms with van der Waals surface area (Å²) in [5, 5.41) is 19.8. The number of benzene rings is 1. The summed E-state index contributed by atoms with van der Waals surface area (Å²) in [6, 6.07) is 3.92. The molecule has 2 aromatic heterocycles. The first-order valence-corrected chi connectivity index (χ1v) is 7.28. The van der Waals surface area contributed by atoms with Gasteiger partial charge in [-0.15, -0.1) is 0 Å². The third kappa shape index (κ3) is 2.22. The summed E-state index contributed by atoms with van der Waals surface area (Å²) in [6.45, 7) is 0. The molecule has 26 heavy (non-hydrogen) atoms. The molecule has 1 aliphatic rings. The highest BCUT2D eigenvalue weighted by atomic mass is 16.5. The highest BCUT2D eigenvalue weighted by Crippen LogP contribution is 2.45. The van der Waals surface area contributed by atoms with Crippen molar-refractivity contribution in [2.45, 2.75) is 5.92 Å². The Morgan fingerprint density at radius 1 is 0.846 bits per heavy atom. The molecule has 0 saturated heterocycles. The van der Waals surface area contributed by atoms with Gasteiger partial charge < -0.3 is 14.9 Å². The Bertz CT molecular complexity index is 1260. The normalized spacial score (nSPS) is 15.0. The summed E-state index contributed by atoms with van der Waals surface area (Å²) in [6.07, 6.45) is 0. The average molecular weight is 358 g/mol. The van der Waals surface area contributed by atoms with E-state index in [2.05, 4.69) is 9.97 Å². The first kappa shape index (κ1) is 15.5. The summed E-state index contributed by atoms with van der Waals surface area (Å²) in [5.41, 5.74) is -3.72.